The second-order valence-electron chi connectivity index (χ2n) is 9.70. The van der Waals surface area contributed by atoms with E-state index in [1.165, 1.54) is 0 Å². The molecule has 0 radical (unpaired) electrons. The normalized spacial score (nSPS) is 16.4. The van der Waals surface area contributed by atoms with Crippen LogP contribution in [0.5, 0.6) is 0 Å². The molecule has 190 valence electrons. The van der Waals surface area contributed by atoms with Gasteiger partial charge in [-0.05, 0) is 56.0 Å². The van der Waals surface area contributed by atoms with Crippen LogP contribution in [0.4, 0.5) is 0 Å². The first-order chi connectivity index (χ1) is 16.6. The number of halogens is 1. The summed E-state index contributed by atoms with van der Waals surface area (Å²) in [6, 6.07) is 14.2. The van der Waals surface area contributed by atoms with Gasteiger partial charge in [0, 0.05) is 24.7 Å². The second kappa shape index (κ2) is 12.5. The van der Waals surface area contributed by atoms with Crippen molar-refractivity contribution in [2.75, 3.05) is 39.5 Å². The first-order valence-corrected chi connectivity index (χ1v) is 12.3. The number of hydrogen-bond donors (Lipinski definition) is 1. The molecular weight excluding hydrogens is 468 g/mol. The fourth-order valence-electron chi connectivity index (χ4n) is 3.85. The van der Waals surface area contributed by atoms with Crippen LogP contribution in [0.2, 0.25) is 5.02 Å². The monoisotopic (exact) mass is 502 g/mol. The molecule has 7 nitrogen and oxygen atoms in total. The van der Waals surface area contributed by atoms with E-state index in [1.807, 2.05) is 48.5 Å². The zero-order valence-corrected chi connectivity index (χ0v) is 21.4. The van der Waals surface area contributed by atoms with Crippen molar-refractivity contribution in [3.8, 4) is 11.1 Å². The van der Waals surface area contributed by atoms with E-state index in [2.05, 4.69) is 4.90 Å². The summed E-state index contributed by atoms with van der Waals surface area (Å²) in [6.45, 7) is 9.11. The van der Waals surface area contributed by atoms with Crippen molar-refractivity contribution in [1.82, 2.24) is 4.90 Å². The summed E-state index contributed by atoms with van der Waals surface area (Å²) in [4.78, 5) is 27.9. The SMILES string of the molecule is CC(C)(C)OC(=O)C(Cc1ccc(-c2cccc(Cl)c2)cc1)[C@@H](N)C(=O)OCCN1CCOCC1. The molecule has 35 heavy (non-hydrogen) atoms. The van der Waals surface area contributed by atoms with E-state index in [1.54, 1.807) is 20.8 Å². The molecule has 0 aliphatic carbocycles. The molecule has 0 bridgehead atoms. The maximum absolute atomic E-state index is 13.0. The molecule has 8 heteroatoms. The highest BCUT2D eigenvalue weighted by molar-refractivity contribution is 6.30. The molecule has 0 spiro atoms. The first kappa shape index (κ1) is 27.1. The van der Waals surface area contributed by atoms with Crippen molar-refractivity contribution >= 4 is 23.5 Å². The van der Waals surface area contributed by atoms with E-state index < -0.39 is 29.5 Å². The van der Waals surface area contributed by atoms with E-state index in [0.717, 1.165) is 29.8 Å². The molecule has 0 saturated carbocycles. The minimum atomic E-state index is -1.14. The molecule has 1 aliphatic heterocycles. The van der Waals surface area contributed by atoms with Crippen molar-refractivity contribution in [2.24, 2.45) is 11.7 Å². The summed E-state index contributed by atoms with van der Waals surface area (Å²) >= 11 is 6.11. The van der Waals surface area contributed by atoms with Crippen LogP contribution in [0.1, 0.15) is 26.3 Å². The molecule has 2 atom stereocenters. The van der Waals surface area contributed by atoms with Gasteiger partial charge in [-0.2, -0.15) is 0 Å². The van der Waals surface area contributed by atoms with Gasteiger partial charge in [-0.3, -0.25) is 14.5 Å². The van der Waals surface area contributed by atoms with Gasteiger partial charge in [-0.1, -0.05) is 48.0 Å². The summed E-state index contributed by atoms with van der Waals surface area (Å²) in [5.41, 5.74) is 8.41. The topological polar surface area (TPSA) is 91.1 Å². The minimum Gasteiger partial charge on any atom is -0.463 e. The summed E-state index contributed by atoms with van der Waals surface area (Å²) in [7, 11) is 0. The average molecular weight is 503 g/mol. The molecule has 2 aromatic rings. The summed E-state index contributed by atoms with van der Waals surface area (Å²) < 4.78 is 16.3. The number of nitrogens with two attached hydrogens (primary N) is 1. The smallest absolute Gasteiger partial charge is 0.323 e. The van der Waals surface area contributed by atoms with Gasteiger partial charge in [0.15, 0.2) is 0 Å². The van der Waals surface area contributed by atoms with Crippen molar-refractivity contribution in [1.29, 1.82) is 0 Å². The number of benzene rings is 2. The average Bonchev–Trinajstić information content (AvgIpc) is 2.82. The highest BCUT2D eigenvalue weighted by atomic mass is 35.5. The molecule has 3 rings (SSSR count). The van der Waals surface area contributed by atoms with Crippen LogP contribution in [0.3, 0.4) is 0 Å². The van der Waals surface area contributed by atoms with Gasteiger partial charge in [0.05, 0.1) is 19.1 Å². The van der Waals surface area contributed by atoms with E-state index in [9.17, 15) is 9.59 Å². The molecule has 2 aromatic carbocycles. The fourth-order valence-corrected chi connectivity index (χ4v) is 4.04. The van der Waals surface area contributed by atoms with Gasteiger partial charge in [0.2, 0.25) is 0 Å². The lowest BCUT2D eigenvalue weighted by molar-refractivity contribution is -0.165. The summed E-state index contributed by atoms with van der Waals surface area (Å²) in [5.74, 6) is -2.00. The lowest BCUT2D eigenvalue weighted by atomic mass is 9.91. The Morgan fingerprint density at radius 1 is 1.06 bits per heavy atom. The number of morpholine rings is 1. The van der Waals surface area contributed by atoms with Crippen LogP contribution < -0.4 is 5.73 Å². The highest BCUT2D eigenvalue weighted by Crippen LogP contribution is 2.25. The Morgan fingerprint density at radius 3 is 2.37 bits per heavy atom. The Kier molecular flexibility index (Phi) is 9.69. The molecule has 0 aromatic heterocycles. The van der Waals surface area contributed by atoms with Crippen LogP contribution >= 0.6 is 11.6 Å². The van der Waals surface area contributed by atoms with Gasteiger partial charge in [0.1, 0.15) is 18.2 Å². The molecule has 0 amide bonds. The van der Waals surface area contributed by atoms with Gasteiger partial charge >= 0.3 is 11.9 Å². The van der Waals surface area contributed by atoms with Crippen molar-refractivity contribution < 1.29 is 23.8 Å². The van der Waals surface area contributed by atoms with Gasteiger partial charge in [0.25, 0.3) is 0 Å². The Hall–Kier alpha value is -2.45. The number of ether oxygens (including phenoxy) is 3. The van der Waals surface area contributed by atoms with Gasteiger partial charge in [-0.25, -0.2) is 0 Å². The Morgan fingerprint density at radius 2 is 1.74 bits per heavy atom. The van der Waals surface area contributed by atoms with Crippen molar-refractivity contribution in [3.05, 3.63) is 59.1 Å². The summed E-state index contributed by atoms with van der Waals surface area (Å²) in [5, 5.41) is 0.662. The molecule has 1 saturated heterocycles. The zero-order chi connectivity index (χ0) is 25.4. The number of rotatable bonds is 9. The quantitative estimate of drug-likeness (QED) is 0.522. The maximum atomic E-state index is 13.0. The molecule has 1 aliphatic rings. The number of carbonyl (C=O) groups excluding carboxylic acids is 2. The van der Waals surface area contributed by atoms with Crippen LogP contribution in [0.25, 0.3) is 11.1 Å². The lowest BCUT2D eigenvalue weighted by Gasteiger charge is -2.28. The Bertz CT molecular complexity index is 984. The van der Waals surface area contributed by atoms with Gasteiger partial charge < -0.3 is 19.9 Å². The van der Waals surface area contributed by atoms with Crippen LogP contribution in [-0.4, -0.2) is 67.9 Å². The molecule has 1 unspecified atom stereocenters. The minimum absolute atomic E-state index is 0.210. The molecule has 2 N–H and O–H groups in total. The molecule has 1 fully saturated rings. The Balaban J connectivity index is 1.67. The third-order valence-corrected chi connectivity index (χ3v) is 5.97. The number of carbonyl (C=O) groups is 2. The highest BCUT2D eigenvalue weighted by Gasteiger charge is 2.35. The van der Waals surface area contributed by atoms with E-state index >= 15 is 0 Å². The van der Waals surface area contributed by atoms with Crippen LogP contribution in [-0.2, 0) is 30.2 Å². The largest absolute Gasteiger partial charge is 0.463 e. The first-order valence-electron chi connectivity index (χ1n) is 11.9. The lowest BCUT2D eigenvalue weighted by Crippen LogP contribution is -2.47. The van der Waals surface area contributed by atoms with Crippen LogP contribution in [0, 0.1) is 5.92 Å². The van der Waals surface area contributed by atoms with Gasteiger partial charge in [-0.15, -0.1) is 0 Å². The number of esters is 2. The van der Waals surface area contributed by atoms with Crippen LogP contribution in [0.15, 0.2) is 48.5 Å². The standard InChI is InChI=1S/C27H35ClN2O5/c1-27(2,3)35-25(31)23(24(29)26(32)34-16-13-30-11-14-33-15-12-30)17-19-7-9-20(10-8-19)21-5-4-6-22(28)18-21/h4-10,18,23-24H,11-17,29H2,1-3H3/t23?,24-/m1/s1. The summed E-state index contributed by atoms with van der Waals surface area (Å²) in [6.07, 6.45) is 0.254. The molecule has 1 heterocycles. The van der Waals surface area contributed by atoms with E-state index in [0.29, 0.717) is 24.8 Å². The number of hydrogen-bond acceptors (Lipinski definition) is 7. The predicted molar refractivity (Wildman–Crippen MR) is 136 cm³/mol. The molecular formula is C27H35ClN2O5. The Labute approximate surface area is 212 Å². The van der Waals surface area contributed by atoms with E-state index in [4.69, 9.17) is 31.5 Å². The maximum Gasteiger partial charge on any atom is 0.323 e. The van der Waals surface area contributed by atoms with Crippen molar-refractivity contribution in [2.45, 2.75) is 38.8 Å². The predicted octanol–water partition coefficient (Wildman–Crippen LogP) is 3.71. The zero-order valence-electron chi connectivity index (χ0n) is 20.7. The second-order valence-corrected chi connectivity index (χ2v) is 10.1. The van der Waals surface area contributed by atoms with E-state index in [-0.39, 0.29) is 13.0 Å². The van der Waals surface area contributed by atoms with Crippen molar-refractivity contribution in [3.63, 3.8) is 0 Å². The third-order valence-electron chi connectivity index (χ3n) is 5.74. The fraction of sp³-hybridized carbons (Fsp3) is 0.481. The third kappa shape index (κ3) is 8.61. The number of nitrogens with zero attached hydrogens (tertiary/aromatic N) is 1.